The molecular formula is C24H24Br2N2O2. The van der Waals surface area contributed by atoms with E-state index in [2.05, 4.69) is 31.9 Å². The summed E-state index contributed by atoms with van der Waals surface area (Å²) in [6, 6.07) is 15.5. The minimum Gasteiger partial charge on any atom is -0.333 e. The van der Waals surface area contributed by atoms with E-state index in [1.54, 1.807) is 12.2 Å². The average molecular weight is 532 g/mol. The van der Waals surface area contributed by atoms with Gasteiger partial charge in [-0.2, -0.15) is 0 Å². The number of rotatable bonds is 4. The van der Waals surface area contributed by atoms with E-state index in [-0.39, 0.29) is 23.9 Å². The van der Waals surface area contributed by atoms with Crippen LogP contribution in [0.2, 0.25) is 0 Å². The molecule has 4 nitrogen and oxygen atoms in total. The number of carbonyl (C=O) groups is 2. The quantitative estimate of drug-likeness (QED) is 0.496. The predicted molar refractivity (Wildman–Crippen MR) is 129 cm³/mol. The highest BCUT2D eigenvalue weighted by Gasteiger charge is 2.32. The standard InChI is InChI=1S/C24H24Br2N2O2/c1-17-15-28(24(30)14-8-20-5-11-22(26)12-6-20)18(2)16-27(17)23(29)13-7-19-3-9-21(25)10-4-19/h3-14,17-18H,15-16H2,1-2H3. The van der Waals surface area contributed by atoms with E-state index in [4.69, 9.17) is 0 Å². The van der Waals surface area contributed by atoms with Gasteiger partial charge in [-0.15, -0.1) is 0 Å². The molecule has 3 rings (SSSR count). The fourth-order valence-corrected chi connectivity index (χ4v) is 3.94. The number of benzene rings is 2. The van der Waals surface area contributed by atoms with Gasteiger partial charge in [-0.3, -0.25) is 9.59 Å². The highest BCUT2D eigenvalue weighted by Crippen LogP contribution is 2.18. The highest BCUT2D eigenvalue weighted by atomic mass is 79.9. The Balaban J connectivity index is 1.61. The molecular weight excluding hydrogens is 508 g/mol. The van der Waals surface area contributed by atoms with Gasteiger partial charge in [0.2, 0.25) is 11.8 Å². The van der Waals surface area contributed by atoms with Gasteiger partial charge < -0.3 is 9.80 Å². The van der Waals surface area contributed by atoms with Gasteiger partial charge in [0.25, 0.3) is 0 Å². The van der Waals surface area contributed by atoms with Crippen molar-refractivity contribution >= 4 is 55.8 Å². The first-order chi connectivity index (χ1) is 14.3. The molecule has 0 aromatic heterocycles. The largest absolute Gasteiger partial charge is 0.333 e. The lowest BCUT2D eigenvalue weighted by Gasteiger charge is -2.43. The third kappa shape index (κ3) is 5.92. The molecule has 2 unspecified atom stereocenters. The molecule has 0 N–H and O–H groups in total. The number of hydrogen-bond acceptors (Lipinski definition) is 2. The fraction of sp³-hybridized carbons (Fsp3) is 0.250. The van der Waals surface area contributed by atoms with Crippen molar-refractivity contribution in [2.24, 2.45) is 0 Å². The molecule has 1 aliphatic rings. The molecule has 156 valence electrons. The normalized spacial score (nSPS) is 19.6. The lowest BCUT2D eigenvalue weighted by atomic mass is 10.1. The van der Waals surface area contributed by atoms with E-state index in [1.807, 2.05) is 84.3 Å². The van der Waals surface area contributed by atoms with E-state index in [0.717, 1.165) is 20.1 Å². The number of hydrogen-bond donors (Lipinski definition) is 0. The van der Waals surface area contributed by atoms with E-state index in [9.17, 15) is 9.59 Å². The zero-order chi connectivity index (χ0) is 21.7. The molecule has 1 aliphatic heterocycles. The van der Waals surface area contributed by atoms with E-state index < -0.39 is 0 Å². The summed E-state index contributed by atoms with van der Waals surface area (Å²) < 4.78 is 2.01. The van der Waals surface area contributed by atoms with Crippen LogP contribution in [0.3, 0.4) is 0 Å². The Kier molecular flexibility index (Phi) is 7.67. The lowest BCUT2D eigenvalue weighted by molar-refractivity contribution is -0.139. The molecule has 2 amide bonds. The maximum atomic E-state index is 12.7. The van der Waals surface area contributed by atoms with Crippen molar-refractivity contribution in [1.82, 2.24) is 9.80 Å². The van der Waals surface area contributed by atoms with E-state index >= 15 is 0 Å². The van der Waals surface area contributed by atoms with Crippen molar-refractivity contribution in [3.63, 3.8) is 0 Å². The maximum absolute atomic E-state index is 12.7. The Morgan fingerprint density at radius 2 is 1.07 bits per heavy atom. The third-order valence-corrected chi connectivity index (χ3v) is 6.19. The molecule has 0 bridgehead atoms. The zero-order valence-electron chi connectivity index (χ0n) is 17.0. The zero-order valence-corrected chi connectivity index (χ0v) is 20.1. The van der Waals surface area contributed by atoms with Crippen LogP contribution < -0.4 is 0 Å². The summed E-state index contributed by atoms with van der Waals surface area (Å²) in [5.74, 6) is -0.0652. The molecule has 1 fully saturated rings. The SMILES string of the molecule is CC1CN(C(=O)C=Cc2ccc(Br)cc2)C(C)CN1C(=O)C=Cc1ccc(Br)cc1. The minimum absolute atomic E-state index is 0.0326. The summed E-state index contributed by atoms with van der Waals surface area (Å²) in [6.07, 6.45) is 6.87. The van der Waals surface area contributed by atoms with Gasteiger partial charge in [-0.05, 0) is 61.4 Å². The first-order valence-electron chi connectivity index (χ1n) is 9.82. The first-order valence-corrected chi connectivity index (χ1v) is 11.4. The number of nitrogens with zero attached hydrogens (tertiary/aromatic N) is 2. The third-order valence-electron chi connectivity index (χ3n) is 5.13. The van der Waals surface area contributed by atoms with Crippen LogP contribution in [0.15, 0.2) is 69.6 Å². The van der Waals surface area contributed by atoms with Crippen LogP contribution in [0.5, 0.6) is 0 Å². The lowest BCUT2D eigenvalue weighted by Crippen LogP contribution is -2.59. The molecule has 0 radical (unpaired) electrons. The van der Waals surface area contributed by atoms with Crippen LogP contribution in [0, 0.1) is 0 Å². The van der Waals surface area contributed by atoms with Crippen molar-refractivity contribution in [2.45, 2.75) is 25.9 Å². The highest BCUT2D eigenvalue weighted by molar-refractivity contribution is 9.10. The fourth-order valence-electron chi connectivity index (χ4n) is 3.41. The van der Waals surface area contributed by atoms with Gasteiger partial charge in [0.15, 0.2) is 0 Å². The van der Waals surface area contributed by atoms with Crippen molar-refractivity contribution in [3.05, 3.63) is 80.8 Å². The number of piperazine rings is 1. The van der Waals surface area contributed by atoms with Crippen molar-refractivity contribution in [2.75, 3.05) is 13.1 Å². The van der Waals surface area contributed by atoms with Gasteiger partial charge in [-0.1, -0.05) is 56.1 Å². The van der Waals surface area contributed by atoms with Crippen LogP contribution in [0.1, 0.15) is 25.0 Å². The first kappa shape index (κ1) is 22.5. The summed E-state index contributed by atoms with van der Waals surface area (Å²) in [5.41, 5.74) is 1.94. The van der Waals surface area contributed by atoms with Crippen molar-refractivity contribution in [3.8, 4) is 0 Å². The van der Waals surface area contributed by atoms with Crippen LogP contribution in [-0.2, 0) is 9.59 Å². The number of amides is 2. The summed E-state index contributed by atoms with van der Waals surface area (Å²) in [7, 11) is 0. The topological polar surface area (TPSA) is 40.6 Å². The molecule has 1 saturated heterocycles. The molecule has 2 atom stereocenters. The van der Waals surface area contributed by atoms with Gasteiger partial charge in [0.05, 0.1) is 0 Å². The molecule has 6 heteroatoms. The number of carbonyl (C=O) groups excluding carboxylic acids is 2. The van der Waals surface area contributed by atoms with Crippen molar-refractivity contribution in [1.29, 1.82) is 0 Å². The summed E-state index contributed by atoms with van der Waals surface area (Å²) in [6.45, 7) is 5.00. The number of halogens is 2. The monoisotopic (exact) mass is 530 g/mol. The molecule has 2 aromatic carbocycles. The second kappa shape index (κ2) is 10.2. The molecule has 0 aliphatic carbocycles. The van der Waals surface area contributed by atoms with Gasteiger partial charge >= 0.3 is 0 Å². The van der Waals surface area contributed by atoms with Crippen molar-refractivity contribution < 1.29 is 9.59 Å². The Labute approximate surface area is 194 Å². The summed E-state index contributed by atoms with van der Waals surface area (Å²) >= 11 is 6.82. The van der Waals surface area contributed by atoms with E-state index in [1.165, 1.54) is 0 Å². The van der Waals surface area contributed by atoms with Crippen LogP contribution in [0.4, 0.5) is 0 Å². The Bertz CT molecular complexity index is 873. The molecule has 0 spiro atoms. The minimum atomic E-state index is -0.0479. The van der Waals surface area contributed by atoms with Crippen LogP contribution >= 0.6 is 31.9 Å². The van der Waals surface area contributed by atoms with Gasteiger partial charge in [-0.25, -0.2) is 0 Å². The molecule has 0 saturated carbocycles. The second-order valence-corrected chi connectivity index (χ2v) is 9.28. The predicted octanol–water partition coefficient (Wildman–Crippen LogP) is 5.39. The average Bonchev–Trinajstić information content (AvgIpc) is 2.73. The van der Waals surface area contributed by atoms with Crippen LogP contribution in [-0.4, -0.2) is 46.8 Å². The van der Waals surface area contributed by atoms with Gasteiger partial charge in [0, 0.05) is 46.3 Å². The summed E-state index contributed by atoms with van der Waals surface area (Å²) in [5, 5.41) is 0. The smallest absolute Gasteiger partial charge is 0.246 e. The van der Waals surface area contributed by atoms with Gasteiger partial charge in [0.1, 0.15) is 0 Å². The summed E-state index contributed by atoms with van der Waals surface area (Å²) in [4.78, 5) is 29.1. The van der Waals surface area contributed by atoms with Crippen LogP contribution in [0.25, 0.3) is 12.2 Å². The molecule has 2 aromatic rings. The Morgan fingerprint density at radius 1 is 0.733 bits per heavy atom. The molecule has 30 heavy (non-hydrogen) atoms. The maximum Gasteiger partial charge on any atom is 0.246 e. The van der Waals surface area contributed by atoms with E-state index in [0.29, 0.717) is 13.1 Å². The molecule has 1 heterocycles. The Morgan fingerprint density at radius 3 is 1.40 bits per heavy atom. The second-order valence-electron chi connectivity index (χ2n) is 7.45. The Hall–Kier alpha value is -2.18.